The topological polar surface area (TPSA) is 29.4 Å². The number of aliphatic imine (C=N–C) groups is 1. The van der Waals surface area contributed by atoms with Crippen molar-refractivity contribution in [2.75, 3.05) is 0 Å². The Balaban J connectivity index is 2.09. The molecule has 0 radical (unpaired) electrons. The van der Waals surface area contributed by atoms with Gasteiger partial charge in [0.05, 0.1) is 5.71 Å². The molecule has 0 saturated carbocycles. The van der Waals surface area contributed by atoms with Gasteiger partial charge in [-0.15, -0.1) is 0 Å². The lowest BCUT2D eigenvalue weighted by molar-refractivity contribution is 0.100. The molecule has 1 amide bonds. The third-order valence-corrected chi connectivity index (χ3v) is 4.05. The van der Waals surface area contributed by atoms with Crippen molar-refractivity contribution in [1.82, 2.24) is 0 Å². The highest BCUT2D eigenvalue weighted by atomic mass is 16.1. The molecule has 0 aromatic heterocycles. The Morgan fingerprint density at radius 2 is 1.20 bits per heavy atom. The summed E-state index contributed by atoms with van der Waals surface area (Å²) in [6, 6.07) is 23.8. The molecular formula is C23H21NO. The second-order valence-electron chi connectivity index (χ2n) is 6.37. The standard InChI is InChI=1S/C23H21NO/c1-16-9-11-20(12-10-16)22(19-7-5-4-6-8-19)24-23(25)21-14-17(2)13-18(3)15-21/h4-15H,1-3H3. The van der Waals surface area contributed by atoms with Crippen LogP contribution in [0.5, 0.6) is 0 Å². The fourth-order valence-corrected chi connectivity index (χ4v) is 2.87. The van der Waals surface area contributed by atoms with Crippen LogP contribution in [0.3, 0.4) is 0 Å². The summed E-state index contributed by atoms with van der Waals surface area (Å²) in [7, 11) is 0. The zero-order valence-corrected chi connectivity index (χ0v) is 14.8. The highest BCUT2D eigenvalue weighted by molar-refractivity contribution is 6.18. The van der Waals surface area contributed by atoms with Gasteiger partial charge < -0.3 is 0 Å². The maximum atomic E-state index is 12.8. The van der Waals surface area contributed by atoms with E-state index >= 15 is 0 Å². The number of hydrogen-bond acceptors (Lipinski definition) is 1. The molecular weight excluding hydrogens is 306 g/mol. The largest absolute Gasteiger partial charge is 0.277 e. The van der Waals surface area contributed by atoms with E-state index in [-0.39, 0.29) is 5.91 Å². The summed E-state index contributed by atoms with van der Waals surface area (Å²) in [5.74, 6) is -0.216. The monoisotopic (exact) mass is 327 g/mol. The Hall–Kier alpha value is -3.00. The Kier molecular flexibility index (Phi) is 4.90. The van der Waals surface area contributed by atoms with Gasteiger partial charge in [-0.1, -0.05) is 77.4 Å². The molecule has 0 aliphatic rings. The average molecular weight is 327 g/mol. The number of nitrogens with zero attached hydrogens (tertiary/aromatic N) is 1. The molecule has 2 heteroatoms. The molecule has 3 aromatic carbocycles. The number of amides is 1. The highest BCUT2D eigenvalue weighted by Gasteiger charge is 2.12. The van der Waals surface area contributed by atoms with Crippen LogP contribution in [0.2, 0.25) is 0 Å². The molecule has 0 atom stereocenters. The van der Waals surface area contributed by atoms with Crippen LogP contribution in [0.1, 0.15) is 38.2 Å². The molecule has 0 unspecified atom stereocenters. The molecule has 0 aliphatic heterocycles. The van der Waals surface area contributed by atoms with Gasteiger partial charge in [-0.3, -0.25) is 4.79 Å². The second-order valence-corrected chi connectivity index (χ2v) is 6.37. The molecule has 3 aromatic rings. The molecule has 2 nitrogen and oxygen atoms in total. The zero-order chi connectivity index (χ0) is 17.8. The van der Waals surface area contributed by atoms with Crippen LogP contribution in [0, 0.1) is 20.8 Å². The first-order chi connectivity index (χ1) is 12.0. The van der Waals surface area contributed by atoms with Crippen LogP contribution in [-0.4, -0.2) is 11.6 Å². The van der Waals surface area contributed by atoms with Gasteiger partial charge in [-0.25, -0.2) is 4.99 Å². The SMILES string of the molecule is Cc1ccc(C(=NC(=O)c2cc(C)cc(C)c2)c2ccccc2)cc1. The fourth-order valence-electron chi connectivity index (χ4n) is 2.87. The quantitative estimate of drug-likeness (QED) is 0.601. The van der Waals surface area contributed by atoms with Gasteiger partial charge in [-0.05, 0) is 32.9 Å². The summed E-state index contributed by atoms with van der Waals surface area (Å²) in [4.78, 5) is 17.3. The molecule has 0 bridgehead atoms. The molecule has 3 rings (SSSR count). The van der Waals surface area contributed by atoms with Crippen molar-refractivity contribution in [3.8, 4) is 0 Å². The van der Waals surface area contributed by atoms with Crippen molar-refractivity contribution in [2.45, 2.75) is 20.8 Å². The number of benzene rings is 3. The van der Waals surface area contributed by atoms with E-state index in [2.05, 4.69) is 11.1 Å². The van der Waals surface area contributed by atoms with Gasteiger partial charge in [0.15, 0.2) is 0 Å². The second kappa shape index (κ2) is 7.27. The van der Waals surface area contributed by atoms with Gasteiger partial charge in [0.2, 0.25) is 0 Å². The van der Waals surface area contributed by atoms with Crippen LogP contribution < -0.4 is 0 Å². The van der Waals surface area contributed by atoms with Gasteiger partial charge in [0.1, 0.15) is 0 Å². The van der Waals surface area contributed by atoms with Crippen molar-refractivity contribution >= 4 is 11.6 Å². The van der Waals surface area contributed by atoms with E-state index < -0.39 is 0 Å². The molecule has 0 saturated heterocycles. The number of aryl methyl sites for hydroxylation is 3. The summed E-state index contributed by atoms with van der Waals surface area (Å²) >= 11 is 0. The minimum Gasteiger partial charge on any atom is -0.267 e. The van der Waals surface area contributed by atoms with Gasteiger partial charge >= 0.3 is 0 Å². The lowest BCUT2D eigenvalue weighted by Gasteiger charge is -2.08. The van der Waals surface area contributed by atoms with E-state index in [9.17, 15) is 4.79 Å². The minimum atomic E-state index is -0.216. The molecule has 25 heavy (non-hydrogen) atoms. The fraction of sp³-hybridized carbons (Fsp3) is 0.130. The van der Waals surface area contributed by atoms with E-state index in [0.717, 1.165) is 22.3 Å². The van der Waals surface area contributed by atoms with Crippen LogP contribution in [0.15, 0.2) is 77.8 Å². The molecule has 124 valence electrons. The first-order valence-electron chi connectivity index (χ1n) is 8.37. The van der Waals surface area contributed by atoms with Crippen molar-refractivity contribution < 1.29 is 4.79 Å². The Morgan fingerprint density at radius 3 is 1.80 bits per heavy atom. The van der Waals surface area contributed by atoms with Crippen molar-refractivity contribution in [1.29, 1.82) is 0 Å². The van der Waals surface area contributed by atoms with Crippen LogP contribution in [0.4, 0.5) is 0 Å². The van der Waals surface area contributed by atoms with E-state index in [1.165, 1.54) is 5.56 Å². The molecule has 0 aliphatic carbocycles. The van der Waals surface area contributed by atoms with Gasteiger partial charge in [0, 0.05) is 16.7 Å². The summed E-state index contributed by atoms with van der Waals surface area (Å²) in [5, 5.41) is 0. The Morgan fingerprint density at radius 1 is 0.640 bits per heavy atom. The highest BCUT2D eigenvalue weighted by Crippen LogP contribution is 2.15. The van der Waals surface area contributed by atoms with Crippen molar-refractivity contribution in [3.05, 3.63) is 106 Å². The number of carbonyl (C=O) groups excluding carboxylic acids is 1. The van der Waals surface area contributed by atoms with Crippen molar-refractivity contribution in [2.24, 2.45) is 4.99 Å². The number of carbonyl (C=O) groups is 1. The van der Waals surface area contributed by atoms with Gasteiger partial charge in [-0.2, -0.15) is 0 Å². The molecule has 0 spiro atoms. The van der Waals surface area contributed by atoms with Crippen LogP contribution >= 0.6 is 0 Å². The molecule has 0 N–H and O–H groups in total. The van der Waals surface area contributed by atoms with E-state index in [4.69, 9.17) is 0 Å². The minimum absolute atomic E-state index is 0.216. The number of rotatable bonds is 3. The maximum Gasteiger partial charge on any atom is 0.277 e. The summed E-state index contributed by atoms with van der Waals surface area (Å²) in [5.41, 5.74) is 6.50. The maximum absolute atomic E-state index is 12.8. The number of hydrogen-bond donors (Lipinski definition) is 0. The van der Waals surface area contributed by atoms with Crippen LogP contribution in [0.25, 0.3) is 0 Å². The Bertz CT molecular complexity index is 902. The average Bonchev–Trinajstić information content (AvgIpc) is 2.60. The van der Waals surface area contributed by atoms with Gasteiger partial charge in [0.25, 0.3) is 5.91 Å². The summed E-state index contributed by atoms with van der Waals surface area (Å²) in [6.07, 6.45) is 0. The predicted octanol–water partition coefficient (Wildman–Crippen LogP) is 5.29. The third-order valence-electron chi connectivity index (χ3n) is 4.05. The lowest BCUT2D eigenvalue weighted by Crippen LogP contribution is -2.08. The zero-order valence-electron chi connectivity index (χ0n) is 14.8. The first-order valence-corrected chi connectivity index (χ1v) is 8.37. The van der Waals surface area contributed by atoms with Crippen LogP contribution in [-0.2, 0) is 0 Å². The van der Waals surface area contributed by atoms with E-state index in [1.807, 2.05) is 87.5 Å². The lowest BCUT2D eigenvalue weighted by atomic mass is 10.0. The molecule has 0 heterocycles. The summed E-state index contributed by atoms with van der Waals surface area (Å²) < 4.78 is 0. The Labute approximate surface area is 148 Å². The molecule has 0 fully saturated rings. The predicted molar refractivity (Wildman–Crippen MR) is 104 cm³/mol. The summed E-state index contributed by atoms with van der Waals surface area (Å²) in [6.45, 7) is 6.03. The smallest absolute Gasteiger partial charge is 0.267 e. The van der Waals surface area contributed by atoms with E-state index in [0.29, 0.717) is 11.3 Å². The third kappa shape index (κ3) is 4.10. The van der Waals surface area contributed by atoms with E-state index in [1.54, 1.807) is 0 Å². The first kappa shape index (κ1) is 16.8. The normalized spacial score (nSPS) is 11.4. The van der Waals surface area contributed by atoms with Crippen molar-refractivity contribution in [3.63, 3.8) is 0 Å².